The van der Waals surface area contributed by atoms with Gasteiger partial charge in [-0.25, -0.2) is 9.07 Å². The van der Waals surface area contributed by atoms with Crippen molar-refractivity contribution in [2.75, 3.05) is 0 Å². The molecular formula is C24H29FN2O. The molecule has 0 saturated heterocycles. The number of hydrogen-bond donors (Lipinski definition) is 1. The van der Waals surface area contributed by atoms with Crippen molar-refractivity contribution in [3.05, 3.63) is 65.8 Å². The van der Waals surface area contributed by atoms with Crippen LogP contribution in [-0.4, -0.2) is 21.0 Å². The first-order valence-corrected chi connectivity index (χ1v) is 10.3. The summed E-state index contributed by atoms with van der Waals surface area (Å²) in [4.78, 5) is 0. The van der Waals surface area contributed by atoms with E-state index in [4.69, 9.17) is 0 Å². The van der Waals surface area contributed by atoms with Crippen molar-refractivity contribution in [2.24, 2.45) is 11.3 Å². The van der Waals surface area contributed by atoms with Crippen molar-refractivity contribution in [1.29, 1.82) is 0 Å². The molecule has 2 aromatic rings. The molecule has 0 bridgehead atoms. The third kappa shape index (κ3) is 3.46. The topological polar surface area (TPSA) is 38.1 Å². The first-order valence-electron chi connectivity index (χ1n) is 10.3. The van der Waals surface area contributed by atoms with E-state index in [1.807, 2.05) is 17.0 Å². The van der Waals surface area contributed by atoms with Crippen molar-refractivity contribution >= 4 is 6.08 Å². The van der Waals surface area contributed by atoms with Crippen LogP contribution in [0.15, 0.2) is 48.7 Å². The Morgan fingerprint density at radius 1 is 1.39 bits per heavy atom. The van der Waals surface area contributed by atoms with Gasteiger partial charge in [-0.1, -0.05) is 18.6 Å². The van der Waals surface area contributed by atoms with Gasteiger partial charge < -0.3 is 5.11 Å². The maximum absolute atomic E-state index is 13.3. The molecule has 0 aliphatic heterocycles. The number of aliphatic hydroxyl groups is 1. The lowest BCUT2D eigenvalue weighted by Crippen LogP contribution is -2.38. The van der Waals surface area contributed by atoms with Crippen molar-refractivity contribution < 1.29 is 9.50 Å². The summed E-state index contributed by atoms with van der Waals surface area (Å²) in [6, 6.07) is 6.50. The molecule has 1 aromatic carbocycles. The smallest absolute Gasteiger partial charge is 0.123 e. The van der Waals surface area contributed by atoms with Gasteiger partial charge in [-0.15, -0.1) is 6.58 Å². The van der Waals surface area contributed by atoms with E-state index < -0.39 is 0 Å². The summed E-state index contributed by atoms with van der Waals surface area (Å²) in [5, 5.41) is 15.1. The van der Waals surface area contributed by atoms with E-state index in [0.717, 1.165) is 43.5 Å². The minimum atomic E-state index is -0.262. The average Bonchev–Trinajstić information content (AvgIpc) is 3.08. The van der Waals surface area contributed by atoms with Crippen LogP contribution in [0.2, 0.25) is 0 Å². The SMILES string of the molecule is C=CCC[C@H](O)C[C@H]1CCCC2=Cc3c(cnn3-c3ccc(F)cc3)C[C@@]21C. The first-order chi connectivity index (χ1) is 13.5. The fourth-order valence-electron chi connectivity index (χ4n) is 5.07. The molecule has 0 amide bonds. The Kier molecular flexibility index (Phi) is 5.24. The highest BCUT2D eigenvalue weighted by molar-refractivity contribution is 5.61. The van der Waals surface area contributed by atoms with Gasteiger partial charge in [0.1, 0.15) is 5.82 Å². The molecule has 3 atom stereocenters. The predicted molar refractivity (Wildman–Crippen MR) is 111 cm³/mol. The molecule has 1 N–H and O–H groups in total. The molecule has 0 radical (unpaired) electrons. The summed E-state index contributed by atoms with van der Waals surface area (Å²) in [7, 11) is 0. The predicted octanol–water partition coefficient (Wildman–Crippen LogP) is 5.47. The van der Waals surface area contributed by atoms with Crippen LogP contribution in [0, 0.1) is 17.2 Å². The summed E-state index contributed by atoms with van der Waals surface area (Å²) in [5.74, 6) is 0.246. The number of fused-ring (bicyclic) bond motifs is 2. The molecule has 4 rings (SSSR count). The Bertz CT molecular complexity index is 883. The monoisotopic (exact) mass is 380 g/mol. The third-order valence-corrected chi connectivity index (χ3v) is 6.72. The second-order valence-corrected chi connectivity index (χ2v) is 8.55. The molecule has 0 unspecified atom stereocenters. The number of hydrogen-bond acceptors (Lipinski definition) is 2. The molecule has 1 aromatic heterocycles. The van der Waals surface area contributed by atoms with Crippen LogP contribution in [-0.2, 0) is 6.42 Å². The Hall–Kier alpha value is -2.20. The lowest BCUT2D eigenvalue weighted by molar-refractivity contribution is 0.0789. The van der Waals surface area contributed by atoms with Gasteiger partial charge in [0.2, 0.25) is 0 Å². The number of rotatable bonds is 6. The zero-order chi connectivity index (χ0) is 19.7. The van der Waals surface area contributed by atoms with Crippen LogP contribution in [0.5, 0.6) is 0 Å². The fourth-order valence-corrected chi connectivity index (χ4v) is 5.07. The minimum Gasteiger partial charge on any atom is -0.393 e. The van der Waals surface area contributed by atoms with Gasteiger partial charge in [-0.05, 0) is 92.2 Å². The third-order valence-electron chi connectivity index (χ3n) is 6.72. The lowest BCUT2D eigenvalue weighted by Gasteiger charge is -2.46. The van der Waals surface area contributed by atoms with Crippen LogP contribution in [0.25, 0.3) is 11.8 Å². The quantitative estimate of drug-likeness (QED) is 0.675. The largest absolute Gasteiger partial charge is 0.393 e. The number of aliphatic hydroxyl groups excluding tert-OH is 1. The number of halogens is 1. The molecule has 2 aliphatic carbocycles. The number of allylic oxidation sites excluding steroid dienone is 2. The molecule has 2 aliphatic rings. The Balaban J connectivity index is 1.62. The Morgan fingerprint density at radius 3 is 2.93 bits per heavy atom. The highest BCUT2D eigenvalue weighted by Crippen LogP contribution is 2.52. The van der Waals surface area contributed by atoms with Gasteiger partial charge in [0.25, 0.3) is 0 Å². The zero-order valence-electron chi connectivity index (χ0n) is 16.6. The fraction of sp³-hybridized carbons (Fsp3) is 0.458. The second-order valence-electron chi connectivity index (χ2n) is 8.55. The zero-order valence-corrected chi connectivity index (χ0v) is 16.6. The van der Waals surface area contributed by atoms with E-state index in [1.54, 1.807) is 12.1 Å². The normalized spacial score (nSPS) is 24.8. The molecule has 148 valence electrons. The van der Waals surface area contributed by atoms with Crippen LogP contribution in [0.4, 0.5) is 4.39 Å². The van der Waals surface area contributed by atoms with Crippen LogP contribution < -0.4 is 0 Å². The van der Waals surface area contributed by atoms with Crippen LogP contribution in [0.1, 0.15) is 56.7 Å². The average molecular weight is 381 g/mol. The Labute approximate surface area is 166 Å². The first kappa shape index (κ1) is 19.1. The van der Waals surface area contributed by atoms with Crippen molar-refractivity contribution in [2.45, 2.75) is 58.0 Å². The number of aromatic nitrogens is 2. The summed E-state index contributed by atoms with van der Waals surface area (Å²) >= 11 is 0. The van der Waals surface area contributed by atoms with E-state index >= 15 is 0 Å². The van der Waals surface area contributed by atoms with E-state index in [2.05, 4.69) is 24.7 Å². The van der Waals surface area contributed by atoms with Gasteiger partial charge >= 0.3 is 0 Å². The minimum absolute atomic E-state index is 0.0804. The highest BCUT2D eigenvalue weighted by Gasteiger charge is 2.43. The van der Waals surface area contributed by atoms with Crippen molar-refractivity contribution in [3.63, 3.8) is 0 Å². The maximum Gasteiger partial charge on any atom is 0.123 e. The molecule has 1 heterocycles. The number of benzene rings is 1. The van der Waals surface area contributed by atoms with Gasteiger partial charge in [0, 0.05) is 0 Å². The van der Waals surface area contributed by atoms with Crippen molar-refractivity contribution in [3.8, 4) is 5.69 Å². The van der Waals surface area contributed by atoms with Gasteiger partial charge in [0.15, 0.2) is 0 Å². The summed E-state index contributed by atoms with van der Waals surface area (Å²) in [6.45, 7) is 6.13. The van der Waals surface area contributed by atoms with Crippen LogP contribution in [0.3, 0.4) is 0 Å². The van der Waals surface area contributed by atoms with Gasteiger partial charge in [0.05, 0.1) is 23.7 Å². The highest BCUT2D eigenvalue weighted by atomic mass is 19.1. The summed E-state index contributed by atoms with van der Waals surface area (Å²) in [6.07, 6.45) is 12.8. The summed E-state index contributed by atoms with van der Waals surface area (Å²) in [5.41, 5.74) is 4.79. The standard InChI is InChI=1S/C24H29FN2O/c1-3-4-8-22(28)13-18-6-5-7-19-14-23-17(15-24(18,19)2)16-26-27(23)21-11-9-20(25)10-12-21/h3,9-12,14,16,18,22,28H,1,4-8,13,15H2,2H3/t18-,22+,24-/m1/s1. The molecule has 0 spiro atoms. The van der Waals surface area contributed by atoms with E-state index in [0.29, 0.717) is 5.92 Å². The van der Waals surface area contributed by atoms with Gasteiger partial charge in [-0.2, -0.15) is 5.10 Å². The van der Waals surface area contributed by atoms with E-state index in [9.17, 15) is 9.50 Å². The maximum atomic E-state index is 13.3. The van der Waals surface area contributed by atoms with Gasteiger partial charge in [-0.3, -0.25) is 0 Å². The molecule has 1 fully saturated rings. The Morgan fingerprint density at radius 2 is 2.18 bits per heavy atom. The summed E-state index contributed by atoms with van der Waals surface area (Å²) < 4.78 is 15.2. The molecule has 28 heavy (non-hydrogen) atoms. The molecule has 1 saturated carbocycles. The second kappa shape index (κ2) is 7.67. The lowest BCUT2D eigenvalue weighted by atomic mass is 9.58. The number of nitrogens with zero attached hydrogens (tertiary/aromatic N) is 2. The van der Waals surface area contributed by atoms with E-state index in [1.165, 1.54) is 36.1 Å². The molecule has 3 nitrogen and oxygen atoms in total. The van der Waals surface area contributed by atoms with Crippen molar-refractivity contribution in [1.82, 2.24) is 9.78 Å². The van der Waals surface area contributed by atoms with Crippen LogP contribution >= 0.6 is 0 Å². The molecule has 4 heteroatoms. The molecular weight excluding hydrogens is 351 g/mol. The van der Waals surface area contributed by atoms with E-state index in [-0.39, 0.29) is 17.3 Å².